The molecule has 1 saturated heterocycles. The van der Waals surface area contributed by atoms with Gasteiger partial charge in [0.25, 0.3) is 0 Å². The molecule has 2 aromatic carbocycles. The molecule has 1 aromatic heterocycles. The van der Waals surface area contributed by atoms with Crippen LogP contribution in [-0.2, 0) is 6.42 Å². The fraction of sp³-hybridized carbons (Fsp3) is 0.429. The molecule has 0 spiro atoms. The molecule has 2 aliphatic heterocycles. The third-order valence-corrected chi connectivity index (χ3v) is 7.29. The van der Waals surface area contributed by atoms with E-state index >= 15 is 0 Å². The molecule has 0 saturated carbocycles. The zero-order valence-corrected chi connectivity index (χ0v) is 19.8. The van der Waals surface area contributed by atoms with Gasteiger partial charge in [0.2, 0.25) is 0 Å². The Hall–Kier alpha value is -2.79. The van der Waals surface area contributed by atoms with Crippen LogP contribution in [0.4, 0.5) is 10.1 Å². The van der Waals surface area contributed by atoms with Crippen LogP contribution in [-0.4, -0.2) is 53.2 Å². The van der Waals surface area contributed by atoms with Gasteiger partial charge >= 0.3 is 0 Å². The molecule has 0 unspecified atom stereocenters. The van der Waals surface area contributed by atoms with E-state index in [4.69, 9.17) is 0 Å². The summed E-state index contributed by atoms with van der Waals surface area (Å²) in [6.45, 7) is 11.9. The number of benzene rings is 2. The van der Waals surface area contributed by atoms with Gasteiger partial charge in [-0.25, -0.2) is 4.39 Å². The van der Waals surface area contributed by atoms with Crippen LogP contribution < -0.4 is 5.32 Å². The second-order valence-electron chi connectivity index (χ2n) is 9.48. The molecule has 2 aliphatic rings. The van der Waals surface area contributed by atoms with Gasteiger partial charge in [0, 0.05) is 47.6 Å². The molecule has 33 heavy (non-hydrogen) atoms. The minimum atomic E-state index is -0.827. The van der Waals surface area contributed by atoms with Crippen molar-refractivity contribution >= 4 is 16.6 Å². The second-order valence-corrected chi connectivity index (χ2v) is 9.48. The summed E-state index contributed by atoms with van der Waals surface area (Å²) in [6, 6.07) is 17.1. The van der Waals surface area contributed by atoms with Gasteiger partial charge in [0.15, 0.2) is 0 Å². The van der Waals surface area contributed by atoms with Gasteiger partial charge < -0.3 is 15.2 Å². The Labute approximate surface area is 196 Å². The van der Waals surface area contributed by atoms with Gasteiger partial charge in [-0.3, -0.25) is 4.90 Å². The first-order valence-electron chi connectivity index (χ1n) is 12.4. The molecular weight excluding hydrogens is 411 g/mol. The Morgan fingerprint density at radius 3 is 2.67 bits per heavy atom. The maximum Gasteiger partial charge on any atom is 0.134 e. The normalized spacial score (nSPS) is 23.1. The van der Waals surface area contributed by atoms with E-state index in [0.717, 1.165) is 50.3 Å². The van der Waals surface area contributed by atoms with Crippen LogP contribution in [0.3, 0.4) is 0 Å². The molecule has 0 bridgehead atoms. The van der Waals surface area contributed by atoms with Crippen LogP contribution in [0.15, 0.2) is 60.8 Å². The number of halogens is 1. The first kappa shape index (κ1) is 22.0. The van der Waals surface area contributed by atoms with Crippen molar-refractivity contribution in [2.75, 3.05) is 31.5 Å². The summed E-state index contributed by atoms with van der Waals surface area (Å²) >= 11 is 0. The molecule has 174 valence electrons. The summed E-state index contributed by atoms with van der Waals surface area (Å²) in [5, 5.41) is 4.76. The summed E-state index contributed by atoms with van der Waals surface area (Å²) in [7, 11) is 0. The Balaban J connectivity index is 1.43. The molecule has 0 radical (unpaired) electrons. The minimum Gasteiger partial charge on any atom is -0.378 e. The summed E-state index contributed by atoms with van der Waals surface area (Å²) in [4.78, 5) is 8.37. The van der Waals surface area contributed by atoms with Crippen LogP contribution >= 0.6 is 0 Å². The van der Waals surface area contributed by atoms with E-state index in [2.05, 4.69) is 89.1 Å². The first-order chi connectivity index (χ1) is 16.1. The molecule has 3 atom stereocenters. The quantitative estimate of drug-likeness (QED) is 0.475. The Morgan fingerprint density at radius 1 is 1.12 bits per heavy atom. The van der Waals surface area contributed by atoms with Gasteiger partial charge in [-0.1, -0.05) is 50.8 Å². The SMILES string of the molecule is C=C(CC)N1CCc2c([nH]c3ccccc23)[C@H]1c1ccc(N[C@H]2CN(CCC)C[C@H]2F)cc1. The van der Waals surface area contributed by atoms with Crippen LogP contribution in [0.25, 0.3) is 10.9 Å². The Kier molecular flexibility index (Phi) is 6.15. The van der Waals surface area contributed by atoms with Crippen molar-refractivity contribution in [1.29, 1.82) is 0 Å². The number of hydrogen-bond donors (Lipinski definition) is 2. The number of aromatic amines is 1. The molecule has 1 fully saturated rings. The van der Waals surface area contributed by atoms with E-state index in [1.165, 1.54) is 27.7 Å². The lowest BCUT2D eigenvalue weighted by atomic mass is 9.91. The van der Waals surface area contributed by atoms with Crippen LogP contribution in [0.2, 0.25) is 0 Å². The maximum atomic E-state index is 14.5. The van der Waals surface area contributed by atoms with Gasteiger partial charge in [-0.05, 0) is 55.1 Å². The van der Waals surface area contributed by atoms with Crippen LogP contribution in [0.5, 0.6) is 0 Å². The third-order valence-electron chi connectivity index (χ3n) is 7.29. The average Bonchev–Trinajstić information content (AvgIpc) is 3.38. The molecule has 3 heterocycles. The lowest BCUT2D eigenvalue weighted by Gasteiger charge is -2.39. The molecule has 4 nitrogen and oxygen atoms in total. The van der Waals surface area contributed by atoms with Crippen molar-refractivity contribution in [3.63, 3.8) is 0 Å². The summed E-state index contributed by atoms with van der Waals surface area (Å²) in [6.07, 6.45) is 2.18. The number of fused-ring (bicyclic) bond motifs is 3. The molecular formula is C28H35FN4. The zero-order chi connectivity index (χ0) is 22.9. The summed E-state index contributed by atoms with van der Waals surface area (Å²) < 4.78 is 14.5. The van der Waals surface area contributed by atoms with E-state index in [-0.39, 0.29) is 12.1 Å². The summed E-state index contributed by atoms with van der Waals surface area (Å²) in [5.41, 5.74) is 7.26. The highest BCUT2D eigenvalue weighted by Gasteiger charge is 2.33. The number of para-hydroxylation sites is 1. The molecule has 5 rings (SSSR count). The fourth-order valence-corrected chi connectivity index (χ4v) is 5.58. The number of aromatic nitrogens is 1. The molecule has 3 aromatic rings. The maximum absolute atomic E-state index is 14.5. The lowest BCUT2D eigenvalue weighted by molar-refractivity contribution is 0.265. The van der Waals surface area contributed by atoms with Gasteiger partial charge in [-0.15, -0.1) is 0 Å². The highest BCUT2D eigenvalue weighted by atomic mass is 19.1. The predicted octanol–water partition coefficient (Wildman–Crippen LogP) is 5.88. The average molecular weight is 447 g/mol. The lowest BCUT2D eigenvalue weighted by Crippen LogP contribution is -2.35. The number of hydrogen-bond acceptors (Lipinski definition) is 3. The molecule has 0 amide bonds. The number of allylic oxidation sites excluding steroid dienone is 1. The van der Waals surface area contributed by atoms with Crippen molar-refractivity contribution in [1.82, 2.24) is 14.8 Å². The standard InChI is InChI=1S/C28H35FN4/c1-4-15-32-17-24(29)26(18-32)30-21-12-10-20(11-13-21)28-27-23(14-16-33(28)19(3)5-2)22-8-6-7-9-25(22)31-27/h6-13,24,26,28,30-31H,3-5,14-18H2,1-2H3/t24-,26+,28-/m1/s1. The molecule has 2 N–H and O–H groups in total. The number of nitrogens with zero attached hydrogens (tertiary/aromatic N) is 2. The Morgan fingerprint density at radius 2 is 1.91 bits per heavy atom. The van der Waals surface area contributed by atoms with E-state index in [1.807, 2.05) is 0 Å². The number of nitrogens with one attached hydrogen (secondary N) is 2. The number of anilines is 1. The predicted molar refractivity (Wildman–Crippen MR) is 135 cm³/mol. The smallest absolute Gasteiger partial charge is 0.134 e. The largest absolute Gasteiger partial charge is 0.378 e. The van der Waals surface area contributed by atoms with Gasteiger partial charge in [0.05, 0.1) is 12.1 Å². The fourth-order valence-electron chi connectivity index (χ4n) is 5.58. The number of alkyl halides is 1. The van der Waals surface area contributed by atoms with Crippen molar-refractivity contribution in [3.8, 4) is 0 Å². The third kappa shape index (κ3) is 4.15. The van der Waals surface area contributed by atoms with Crippen molar-refractivity contribution in [3.05, 3.63) is 77.6 Å². The topological polar surface area (TPSA) is 34.3 Å². The van der Waals surface area contributed by atoms with E-state index in [9.17, 15) is 4.39 Å². The second kappa shape index (κ2) is 9.22. The summed E-state index contributed by atoms with van der Waals surface area (Å²) in [5.74, 6) is 0. The van der Waals surface area contributed by atoms with Gasteiger partial charge in [0.1, 0.15) is 6.17 Å². The van der Waals surface area contributed by atoms with E-state index < -0.39 is 6.17 Å². The van der Waals surface area contributed by atoms with E-state index in [0.29, 0.717) is 6.54 Å². The van der Waals surface area contributed by atoms with Crippen molar-refractivity contribution < 1.29 is 4.39 Å². The number of rotatable bonds is 7. The highest BCUT2D eigenvalue weighted by molar-refractivity contribution is 5.85. The van der Waals surface area contributed by atoms with Gasteiger partial charge in [-0.2, -0.15) is 0 Å². The van der Waals surface area contributed by atoms with Crippen LogP contribution in [0, 0.1) is 0 Å². The Bertz CT molecular complexity index is 1120. The molecule has 0 aliphatic carbocycles. The van der Waals surface area contributed by atoms with Crippen molar-refractivity contribution in [2.45, 2.75) is 51.4 Å². The van der Waals surface area contributed by atoms with Crippen molar-refractivity contribution in [2.24, 2.45) is 0 Å². The zero-order valence-electron chi connectivity index (χ0n) is 19.8. The monoisotopic (exact) mass is 446 g/mol. The molecule has 5 heteroatoms. The van der Waals surface area contributed by atoms with Crippen LogP contribution in [0.1, 0.15) is 49.6 Å². The highest BCUT2D eigenvalue weighted by Crippen LogP contribution is 2.40. The number of likely N-dealkylation sites (tertiary alicyclic amines) is 1. The van der Waals surface area contributed by atoms with E-state index in [1.54, 1.807) is 0 Å². The number of H-pyrrole nitrogens is 1. The first-order valence-corrected chi connectivity index (χ1v) is 12.4. The minimum absolute atomic E-state index is 0.114.